The van der Waals surface area contributed by atoms with E-state index < -0.39 is 6.36 Å². The number of hydrogen-bond acceptors (Lipinski definition) is 5. The number of thioether (sulfide) groups is 1. The third-order valence-corrected chi connectivity index (χ3v) is 9.08. The highest BCUT2D eigenvalue weighted by Gasteiger charge is 2.32. The summed E-state index contributed by atoms with van der Waals surface area (Å²) in [6.45, 7) is 4.73. The van der Waals surface area contributed by atoms with Crippen LogP contribution in [0, 0.1) is 5.82 Å². The second-order valence-electron chi connectivity index (χ2n) is 11.5. The Morgan fingerprint density at radius 1 is 1.07 bits per heavy atom. The molecule has 1 saturated heterocycles. The van der Waals surface area contributed by atoms with E-state index >= 15 is 0 Å². The van der Waals surface area contributed by atoms with Gasteiger partial charge in [0, 0.05) is 35.5 Å². The van der Waals surface area contributed by atoms with Gasteiger partial charge < -0.3 is 15.0 Å². The van der Waals surface area contributed by atoms with Crippen LogP contribution < -0.4 is 15.0 Å². The molecule has 2 amide bonds. The highest BCUT2D eigenvalue weighted by molar-refractivity contribution is 8.14. The number of ether oxygens (including phenoxy) is 1. The highest BCUT2D eigenvalue weighted by Crippen LogP contribution is 2.36. The van der Waals surface area contributed by atoms with Gasteiger partial charge in [0.2, 0.25) is 0 Å². The average Bonchev–Trinajstić information content (AvgIpc) is 3.79. The number of halogens is 4. The number of urea groups is 1. The summed E-state index contributed by atoms with van der Waals surface area (Å²) in [6.07, 6.45) is -0.519. The Labute approximate surface area is 267 Å². The van der Waals surface area contributed by atoms with Crippen molar-refractivity contribution in [2.24, 2.45) is 4.99 Å². The van der Waals surface area contributed by atoms with Crippen LogP contribution in [0.1, 0.15) is 56.1 Å². The first-order valence-corrected chi connectivity index (χ1v) is 16.0. The van der Waals surface area contributed by atoms with Crippen molar-refractivity contribution in [3.63, 3.8) is 0 Å². The molecule has 2 atom stereocenters. The van der Waals surface area contributed by atoms with E-state index in [-0.39, 0.29) is 35.5 Å². The maximum absolute atomic E-state index is 14.0. The van der Waals surface area contributed by atoms with E-state index in [2.05, 4.69) is 25.1 Å². The van der Waals surface area contributed by atoms with E-state index in [1.807, 2.05) is 43.0 Å². The van der Waals surface area contributed by atoms with Gasteiger partial charge >= 0.3 is 12.4 Å². The molecule has 240 valence electrons. The van der Waals surface area contributed by atoms with Crippen LogP contribution in [0.15, 0.2) is 78.0 Å². The molecule has 2 aliphatic rings. The van der Waals surface area contributed by atoms with E-state index in [0.717, 1.165) is 47.4 Å². The van der Waals surface area contributed by atoms with Crippen molar-refractivity contribution in [1.29, 1.82) is 0 Å². The molecule has 0 bridgehead atoms. The molecule has 2 fully saturated rings. The number of carbonyl (C=O) groups is 1. The Bertz CT molecular complexity index is 1720. The van der Waals surface area contributed by atoms with Gasteiger partial charge in [-0.05, 0) is 72.4 Å². The van der Waals surface area contributed by atoms with Crippen molar-refractivity contribution in [3.8, 4) is 22.8 Å². The molecule has 1 aromatic heterocycles. The highest BCUT2D eigenvalue weighted by atomic mass is 32.2. The zero-order valence-electron chi connectivity index (χ0n) is 25.2. The molecule has 1 N–H and O–H groups in total. The molecule has 1 aliphatic carbocycles. The number of amides is 2. The Balaban J connectivity index is 1.11. The molecule has 0 spiro atoms. The molecule has 2 unspecified atom stereocenters. The number of aromatic nitrogens is 3. The molecule has 3 aromatic carbocycles. The number of nitrogens with one attached hydrogen (secondary N) is 1. The fraction of sp³-hybridized carbons (Fsp3) is 0.333. The maximum atomic E-state index is 14.0. The number of benzene rings is 3. The SMILES string of the molecule is CC(C)c1cc(F)ccc1N1CCS/C1=N\C(=O)NC1CCCC1c1ccc(-c2ncn(-c3ccc(OC(F)(F)F)cc3)n2)cc1. The van der Waals surface area contributed by atoms with Gasteiger partial charge in [-0.2, -0.15) is 4.99 Å². The largest absolute Gasteiger partial charge is 0.573 e. The summed E-state index contributed by atoms with van der Waals surface area (Å²) >= 11 is 1.52. The van der Waals surface area contributed by atoms with Crippen LogP contribution in [0.2, 0.25) is 0 Å². The quantitative estimate of drug-likeness (QED) is 0.204. The predicted octanol–water partition coefficient (Wildman–Crippen LogP) is 8.05. The number of carbonyl (C=O) groups excluding carboxylic acids is 1. The van der Waals surface area contributed by atoms with Gasteiger partial charge in [-0.1, -0.05) is 56.3 Å². The van der Waals surface area contributed by atoms with Crippen molar-refractivity contribution < 1.29 is 27.1 Å². The van der Waals surface area contributed by atoms with Crippen molar-refractivity contribution in [1.82, 2.24) is 20.1 Å². The van der Waals surface area contributed by atoms with Gasteiger partial charge in [-0.25, -0.2) is 18.9 Å². The molecule has 46 heavy (non-hydrogen) atoms. The minimum absolute atomic E-state index is 0.0683. The summed E-state index contributed by atoms with van der Waals surface area (Å²) in [5.74, 6) is 0.897. The molecule has 1 saturated carbocycles. The van der Waals surface area contributed by atoms with Crippen LogP contribution in [0.5, 0.6) is 5.75 Å². The molecule has 0 radical (unpaired) electrons. The molecule has 6 rings (SSSR count). The van der Waals surface area contributed by atoms with Crippen LogP contribution in [0.3, 0.4) is 0 Å². The monoisotopic (exact) mass is 652 g/mol. The Kier molecular flexibility index (Phi) is 9.03. The first-order valence-electron chi connectivity index (χ1n) is 15.0. The molecule has 13 heteroatoms. The van der Waals surface area contributed by atoms with E-state index in [4.69, 9.17) is 0 Å². The first kappa shape index (κ1) is 31.6. The standard InChI is InChI=1S/C33H32F4N6O2S/c1-20(2)27-18-23(34)10-15-29(27)42-16-17-46-32(42)40-31(44)39-28-5-3-4-26(28)21-6-8-22(9-7-21)30-38-19-43(41-30)24-11-13-25(14-12-24)45-33(35,36)37/h6-15,18-20,26,28H,3-5,16-17H2,1-2H3,(H,39,44)/b40-32-. The van der Waals surface area contributed by atoms with Crippen LogP contribution in [-0.2, 0) is 0 Å². The lowest BCUT2D eigenvalue weighted by molar-refractivity contribution is -0.274. The van der Waals surface area contributed by atoms with Gasteiger partial charge in [0.1, 0.15) is 17.9 Å². The topological polar surface area (TPSA) is 84.6 Å². The Morgan fingerprint density at radius 2 is 1.83 bits per heavy atom. The number of alkyl halides is 3. The lowest BCUT2D eigenvalue weighted by Gasteiger charge is -2.24. The number of nitrogens with zero attached hydrogens (tertiary/aromatic N) is 5. The summed E-state index contributed by atoms with van der Waals surface area (Å²) in [7, 11) is 0. The van der Waals surface area contributed by atoms with E-state index in [9.17, 15) is 22.4 Å². The van der Waals surface area contributed by atoms with Crippen molar-refractivity contribution in [2.45, 2.75) is 57.3 Å². The second-order valence-corrected chi connectivity index (χ2v) is 12.6. The number of aliphatic imine (C=N–C) groups is 1. The summed E-state index contributed by atoms with van der Waals surface area (Å²) in [5, 5.41) is 8.22. The molecule has 2 heterocycles. The Hall–Kier alpha value is -4.39. The van der Waals surface area contributed by atoms with Gasteiger partial charge in [0.15, 0.2) is 11.0 Å². The second kappa shape index (κ2) is 13.1. The zero-order valence-corrected chi connectivity index (χ0v) is 26.0. The predicted molar refractivity (Wildman–Crippen MR) is 170 cm³/mol. The van der Waals surface area contributed by atoms with Crippen LogP contribution in [-0.4, -0.2) is 50.7 Å². The minimum atomic E-state index is -4.76. The fourth-order valence-electron chi connectivity index (χ4n) is 5.96. The summed E-state index contributed by atoms with van der Waals surface area (Å²) in [4.78, 5) is 23.9. The summed E-state index contributed by atoms with van der Waals surface area (Å²) in [5.41, 5.74) is 4.16. The van der Waals surface area contributed by atoms with Gasteiger partial charge in [-0.3, -0.25) is 0 Å². The zero-order chi connectivity index (χ0) is 32.4. The third kappa shape index (κ3) is 7.19. The number of anilines is 1. The minimum Gasteiger partial charge on any atom is -0.406 e. The molecule has 8 nitrogen and oxygen atoms in total. The lowest BCUT2D eigenvalue weighted by atomic mass is 9.93. The number of rotatable bonds is 7. The lowest BCUT2D eigenvalue weighted by Crippen LogP contribution is -2.36. The van der Waals surface area contributed by atoms with E-state index in [0.29, 0.717) is 23.2 Å². The van der Waals surface area contributed by atoms with Gasteiger partial charge in [0.25, 0.3) is 0 Å². The smallest absolute Gasteiger partial charge is 0.406 e. The average molecular weight is 653 g/mol. The summed E-state index contributed by atoms with van der Waals surface area (Å²) in [6, 6.07) is 17.5. The van der Waals surface area contributed by atoms with Crippen LogP contribution >= 0.6 is 11.8 Å². The summed E-state index contributed by atoms with van der Waals surface area (Å²) < 4.78 is 56.8. The van der Waals surface area contributed by atoms with Crippen LogP contribution in [0.4, 0.5) is 28.0 Å². The fourth-order valence-corrected chi connectivity index (χ4v) is 6.91. The van der Waals surface area contributed by atoms with E-state index in [1.54, 1.807) is 12.1 Å². The van der Waals surface area contributed by atoms with Crippen LogP contribution in [0.25, 0.3) is 17.1 Å². The van der Waals surface area contributed by atoms with Crippen molar-refractivity contribution in [3.05, 3.63) is 90.0 Å². The molecular weight excluding hydrogens is 620 g/mol. The maximum Gasteiger partial charge on any atom is 0.573 e. The van der Waals surface area contributed by atoms with E-state index in [1.165, 1.54) is 53.1 Å². The normalized spacial score (nSPS) is 19.3. The van der Waals surface area contributed by atoms with Gasteiger partial charge in [0.05, 0.1) is 5.69 Å². The van der Waals surface area contributed by atoms with Crippen molar-refractivity contribution >= 4 is 28.6 Å². The first-order chi connectivity index (χ1) is 22.0. The Morgan fingerprint density at radius 3 is 2.54 bits per heavy atom. The van der Waals surface area contributed by atoms with Gasteiger partial charge in [-0.15, -0.1) is 18.3 Å². The molecule has 4 aromatic rings. The van der Waals surface area contributed by atoms with Crippen molar-refractivity contribution in [2.75, 3.05) is 17.2 Å². The number of amidine groups is 1. The molecule has 1 aliphatic heterocycles. The molecular formula is C33H32F4N6O2S. The number of hydrogen-bond donors (Lipinski definition) is 1. The third-order valence-electron chi connectivity index (χ3n) is 8.13.